The van der Waals surface area contributed by atoms with E-state index < -0.39 is 0 Å². The molecule has 1 saturated heterocycles. The third kappa shape index (κ3) is 4.99. The molecule has 1 fully saturated rings. The van der Waals surface area contributed by atoms with Gasteiger partial charge in [-0.05, 0) is 61.4 Å². The van der Waals surface area contributed by atoms with E-state index in [2.05, 4.69) is 22.3 Å². The van der Waals surface area contributed by atoms with Crippen molar-refractivity contribution in [2.24, 2.45) is 0 Å². The van der Waals surface area contributed by atoms with Crippen LogP contribution in [0, 0.1) is 0 Å². The number of hydrogen-bond donors (Lipinski definition) is 2. The van der Waals surface area contributed by atoms with Crippen LogP contribution in [0.1, 0.15) is 18.4 Å². The predicted octanol–water partition coefficient (Wildman–Crippen LogP) is 1.95. The summed E-state index contributed by atoms with van der Waals surface area (Å²) in [5.41, 5.74) is 3.28. The number of methoxy groups -OCH3 is 1. The quantitative estimate of drug-likeness (QED) is 0.799. The van der Waals surface area contributed by atoms with Crippen molar-refractivity contribution in [1.82, 2.24) is 0 Å². The van der Waals surface area contributed by atoms with Crippen LogP contribution in [0.3, 0.4) is 0 Å². The number of quaternary nitrogens is 1. The van der Waals surface area contributed by atoms with Gasteiger partial charge in [-0.2, -0.15) is 0 Å². The van der Waals surface area contributed by atoms with Crippen molar-refractivity contribution in [2.45, 2.75) is 19.4 Å². The second-order valence-corrected chi connectivity index (χ2v) is 6.95. The second kappa shape index (κ2) is 8.72. The predicted molar refractivity (Wildman–Crippen MR) is 105 cm³/mol. The molecular weight excluding hydrogens is 326 g/mol. The van der Waals surface area contributed by atoms with Crippen molar-refractivity contribution in [2.75, 3.05) is 44.0 Å². The third-order valence-corrected chi connectivity index (χ3v) is 4.75. The van der Waals surface area contributed by atoms with Gasteiger partial charge < -0.3 is 19.9 Å². The fourth-order valence-corrected chi connectivity index (χ4v) is 3.36. The summed E-state index contributed by atoms with van der Waals surface area (Å²) in [6.07, 6.45) is 2.53. The summed E-state index contributed by atoms with van der Waals surface area (Å²) in [5.74, 6) is 0.881. The fourth-order valence-electron chi connectivity index (χ4n) is 3.36. The summed E-state index contributed by atoms with van der Waals surface area (Å²) in [6.45, 7) is 3.49. The first kappa shape index (κ1) is 18.3. The van der Waals surface area contributed by atoms with Crippen LogP contribution in [0.4, 0.5) is 11.4 Å². The number of benzene rings is 2. The molecule has 2 aromatic carbocycles. The van der Waals surface area contributed by atoms with Crippen LogP contribution in [-0.2, 0) is 11.3 Å². The molecule has 0 saturated carbocycles. The maximum absolute atomic E-state index is 12.3. The Morgan fingerprint density at radius 3 is 2.35 bits per heavy atom. The summed E-state index contributed by atoms with van der Waals surface area (Å²) in [6, 6.07) is 16.1. The first-order chi connectivity index (χ1) is 12.6. The van der Waals surface area contributed by atoms with Crippen molar-refractivity contribution in [1.29, 1.82) is 0 Å². The number of anilines is 2. The Morgan fingerprint density at radius 1 is 1.08 bits per heavy atom. The van der Waals surface area contributed by atoms with Crippen molar-refractivity contribution < 1.29 is 14.4 Å². The molecule has 0 bridgehead atoms. The SMILES string of the molecule is COc1ccc(C[NH+](C)CC(=O)Nc2ccc(N3CCCC3)cc2)cc1. The van der Waals surface area contributed by atoms with E-state index in [-0.39, 0.29) is 5.91 Å². The highest BCUT2D eigenvalue weighted by Crippen LogP contribution is 2.21. The Morgan fingerprint density at radius 2 is 1.73 bits per heavy atom. The van der Waals surface area contributed by atoms with E-state index in [4.69, 9.17) is 4.74 Å². The van der Waals surface area contributed by atoms with Crippen LogP contribution >= 0.6 is 0 Å². The Balaban J connectivity index is 1.47. The zero-order chi connectivity index (χ0) is 18.4. The lowest BCUT2D eigenvalue weighted by Crippen LogP contribution is -3.08. The second-order valence-electron chi connectivity index (χ2n) is 6.95. The van der Waals surface area contributed by atoms with E-state index in [1.165, 1.54) is 24.1 Å². The largest absolute Gasteiger partial charge is 0.497 e. The number of carbonyl (C=O) groups is 1. The van der Waals surface area contributed by atoms with Crippen LogP contribution in [-0.4, -0.2) is 39.7 Å². The van der Waals surface area contributed by atoms with Gasteiger partial charge in [0.2, 0.25) is 0 Å². The molecule has 5 nitrogen and oxygen atoms in total. The van der Waals surface area contributed by atoms with Crippen LogP contribution in [0.25, 0.3) is 0 Å². The Hall–Kier alpha value is -2.53. The van der Waals surface area contributed by atoms with Gasteiger partial charge in [-0.1, -0.05) is 0 Å². The number of amides is 1. The molecule has 1 amide bonds. The van der Waals surface area contributed by atoms with Crippen LogP contribution in [0.15, 0.2) is 48.5 Å². The topological polar surface area (TPSA) is 46.0 Å². The summed E-state index contributed by atoms with van der Waals surface area (Å²) in [5, 5.41) is 3.00. The normalized spacial score (nSPS) is 14.9. The van der Waals surface area contributed by atoms with Crippen molar-refractivity contribution in [3.8, 4) is 5.75 Å². The number of rotatable bonds is 7. The van der Waals surface area contributed by atoms with Gasteiger partial charge in [0.15, 0.2) is 6.54 Å². The monoisotopic (exact) mass is 354 g/mol. The zero-order valence-electron chi connectivity index (χ0n) is 15.6. The highest BCUT2D eigenvalue weighted by atomic mass is 16.5. The lowest BCUT2D eigenvalue weighted by Gasteiger charge is -2.18. The lowest BCUT2D eigenvalue weighted by atomic mass is 10.2. The van der Waals surface area contributed by atoms with Gasteiger partial charge in [-0.15, -0.1) is 0 Å². The number of ether oxygens (including phenoxy) is 1. The average molecular weight is 354 g/mol. The van der Waals surface area contributed by atoms with Crippen LogP contribution < -0.4 is 19.9 Å². The maximum atomic E-state index is 12.3. The van der Waals surface area contributed by atoms with Crippen molar-refractivity contribution >= 4 is 17.3 Å². The van der Waals surface area contributed by atoms with Crippen molar-refractivity contribution in [3.63, 3.8) is 0 Å². The highest BCUT2D eigenvalue weighted by molar-refractivity contribution is 5.91. The van der Waals surface area contributed by atoms with E-state index in [1.54, 1.807) is 7.11 Å². The maximum Gasteiger partial charge on any atom is 0.279 e. The minimum atomic E-state index is 0.0323. The smallest absolute Gasteiger partial charge is 0.279 e. The van der Waals surface area contributed by atoms with Gasteiger partial charge in [0.25, 0.3) is 5.91 Å². The molecule has 26 heavy (non-hydrogen) atoms. The molecule has 0 radical (unpaired) electrons. The molecule has 1 aliphatic heterocycles. The Labute approximate surface area is 155 Å². The molecule has 138 valence electrons. The highest BCUT2D eigenvalue weighted by Gasteiger charge is 2.13. The van der Waals surface area contributed by atoms with E-state index in [0.717, 1.165) is 36.0 Å². The molecule has 1 heterocycles. The number of nitrogens with zero attached hydrogens (tertiary/aromatic N) is 1. The van der Waals surface area contributed by atoms with Crippen LogP contribution in [0.2, 0.25) is 0 Å². The summed E-state index contributed by atoms with van der Waals surface area (Å²) in [7, 11) is 3.69. The third-order valence-electron chi connectivity index (χ3n) is 4.75. The molecule has 2 N–H and O–H groups in total. The number of carbonyl (C=O) groups excluding carboxylic acids is 1. The van der Waals surface area contributed by atoms with Gasteiger partial charge in [0.1, 0.15) is 12.3 Å². The number of likely N-dealkylation sites (N-methyl/N-ethyl adjacent to an activating group) is 1. The molecule has 0 aliphatic carbocycles. The molecular formula is C21H28N3O2+. The first-order valence-electron chi connectivity index (χ1n) is 9.23. The summed E-state index contributed by atoms with van der Waals surface area (Å²) in [4.78, 5) is 15.8. The molecule has 1 unspecified atom stereocenters. The van der Waals surface area contributed by atoms with Gasteiger partial charge in [0, 0.05) is 30.0 Å². The minimum absolute atomic E-state index is 0.0323. The molecule has 1 aliphatic rings. The molecule has 5 heteroatoms. The van der Waals surface area contributed by atoms with E-state index in [9.17, 15) is 4.79 Å². The number of hydrogen-bond acceptors (Lipinski definition) is 3. The van der Waals surface area contributed by atoms with Gasteiger partial charge >= 0.3 is 0 Å². The molecule has 0 aromatic heterocycles. The summed E-state index contributed by atoms with van der Waals surface area (Å²) >= 11 is 0. The van der Waals surface area contributed by atoms with Crippen LogP contribution in [0.5, 0.6) is 5.75 Å². The van der Waals surface area contributed by atoms with Crippen molar-refractivity contribution in [3.05, 3.63) is 54.1 Å². The zero-order valence-corrected chi connectivity index (χ0v) is 15.6. The summed E-state index contributed by atoms with van der Waals surface area (Å²) < 4.78 is 5.17. The molecule has 1 atom stereocenters. The van der Waals surface area contributed by atoms with E-state index in [1.807, 2.05) is 43.4 Å². The lowest BCUT2D eigenvalue weighted by molar-refractivity contribution is -0.885. The fraction of sp³-hybridized carbons (Fsp3) is 0.381. The number of nitrogens with one attached hydrogen (secondary N) is 2. The van der Waals surface area contributed by atoms with Gasteiger partial charge in [-0.3, -0.25) is 4.79 Å². The van der Waals surface area contributed by atoms with E-state index >= 15 is 0 Å². The van der Waals surface area contributed by atoms with Gasteiger partial charge in [0.05, 0.1) is 14.2 Å². The molecule has 3 rings (SSSR count). The van der Waals surface area contributed by atoms with E-state index in [0.29, 0.717) is 6.54 Å². The Kier molecular flexibility index (Phi) is 6.12. The Bertz CT molecular complexity index is 707. The molecule has 2 aromatic rings. The van der Waals surface area contributed by atoms with Gasteiger partial charge in [-0.25, -0.2) is 0 Å². The minimum Gasteiger partial charge on any atom is -0.497 e. The first-order valence-corrected chi connectivity index (χ1v) is 9.23. The molecule has 0 spiro atoms. The standard InChI is InChI=1S/C21H27N3O2/c1-23(15-17-5-11-20(26-2)12-6-17)16-21(25)22-18-7-9-19(10-8-18)24-13-3-4-14-24/h5-12H,3-4,13-16H2,1-2H3,(H,22,25)/p+1. The average Bonchev–Trinajstić information content (AvgIpc) is 3.17.